The fraction of sp³-hybridized carbons (Fsp3) is 0.500. The number of hydrogen-bond acceptors (Lipinski definition) is 2. The minimum Gasteiger partial charge on any atom is -0.453 e. The van der Waals surface area contributed by atoms with Crippen molar-refractivity contribution < 1.29 is 13.9 Å². The highest BCUT2D eigenvalue weighted by molar-refractivity contribution is 5.88. The van der Waals surface area contributed by atoms with Gasteiger partial charge >= 0.3 is 5.97 Å². The minimum atomic E-state index is -0.832. The Morgan fingerprint density at radius 2 is 2.56 bits per heavy atom. The second-order valence-electron chi connectivity index (χ2n) is 1.87. The second kappa shape index (κ2) is 2.17. The largest absolute Gasteiger partial charge is 0.453 e. The summed E-state index contributed by atoms with van der Waals surface area (Å²) in [4.78, 5) is 10.3. The van der Waals surface area contributed by atoms with E-state index in [2.05, 4.69) is 4.74 Å². The highest BCUT2D eigenvalue weighted by Crippen LogP contribution is 2.15. The van der Waals surface area contributed by atoms with E-state index in [9.17, 15) is 9.18 Å². The summed E-state index contributed by atoms with van der Waals surface area (Å²) in [7, 11) is 0. The summed E-state index contributed by atoms with van der Waals surface area (Å²) in [6, 6.07) is 0. The van der Waals surface area contributed by atoms with Crippen LogP contribution in [-0.2, 0) is 9.53 Å². The van der Waals surface area contributed by atoms with E-state index in [-0.39, 0.29) is 6.10 Å². The molecule has 0 N–H and O–H groups in total. The van der Waals surface area contributed by atoms with E-state index in [4.69, 9.17) is 0 Å². The monoisotopic (exact) mass is 130 g/mol. The minimum absolute atomic E-state index is 0.336. The van der Waals surface area contributed by atoms with E-state index in [0.717, 1.165) is 0 Å². The van der Waals surface area contributed by atoms with Crippen molar-refractivity contribution in [3.8, 4) is 0 Å². The van der Waals surface area contributed by atoms with Crippen LogP contribution in [0.5, 0.6) is 0 Å². The molecule has 3 heteroatoms. The van der Waals surface area contributed by atoms with Crippen LogP contribution in [0.4, 0.5) is 4.39 Å². The lowest BCUT2D eigenvalue weighted by Crippen LogP contribution is -2.05. The van der Waals surface area contributed by atoms with Crippen molar-refractivity contribution in [3.05, 3.63) is 11.9 Å². The number of halogens is 1. The molecule has 0 aromatic carbocycles. The Balaban J connectivity index is 2.62. The zero-order valence-corrected chi connectivity index (χ0v) is 5.06. The molecule has 1 rings (SSSR count). The molecule has 1 aliphatic heterocycles. The first-order chi connectivity index (χ1) is 4.24. The molecule has 0 aromatic heterocycles. The maximum Gasteiger partial charge on any atom is 0.367 e. The Morgan fingerprint density at radius 1 is 1.89 bits per heavy atom. The quantitative estimate of drug-likeness (QED) is 0.498. The van der Waals surface area contributed by atoms with E-state index in [1.165, 1.54) is 6.08 Å². The molecule has 0 fully saturated rings. The Kier molecular flexibility index (Phi) is 1.51. The van der Waals surface area contributed by atoms with Crippen molar-refractivity contribution in [3.63, 3.8) is 0 Å². The summed E-state index contributed by atoms with van der Waals surface area (Å²) < 4.78 is 16.7. The molecule has 0 bridgehead atoms. The first-order valence-electron chi connectivity index (χ1n) is 2.82. The number of carbonyl (C=O) groups is 1. The first-order valence-corrected chi connectivity index (χ1v) is 2.82. The summed E-state index contributed by atoms with van der Waals surface area (Å²) in [5.74, 6) is -1.59. The van der Waals surface area contributed by atoms with Crippen LogP contribution in [0.1, 0.15) is 13.3 Å². The van der Waals surface area contributed by atoms with Gasteiger partial charge in [0, 0.05) is 0 Å². The van der Waals surface area contributed by atoms with E-state index < -0.39 is 11.8 Å². The Morgan fingerprint density at radius 3 is 2.78 bits per heavy atom. The average molecular weight is 130 g/mol. The third-order valence-corrected chi connectivity index (χ3v) is 1.19. The van der Waals surface area contributed by atoms with Crippen LogP contribution in [-0.4, -0.2) is 12.1 Å². The van der Waals surface area contributed by atoms with Gasteiger partial charge in [0.25, 0.3) is 0 Å². The Bertz CT molecular complexity index is 162. The highest BCUT2D eigenvalue weighted by atomic mass is 19.1. The maximum atomic E-state index is 12.1. The zero-order valence-electron chi connectivity index (χ0n) is 5.06. The number of rotatable bonds is 1. The van der Waals surface area contributed by atoms with Crippen molar-refractivity contribution >= 4 is 5.97 Å². The standard InChI is InChI=1S/C6H7FO2/c1-2-4-3-5(7)6(8)9-4/h3-4H,2H2,1H3/t4-/m1/s1. The fourth-order valence-corrected chi connectivity index (χ4v) is 0.660. The van der Waals surface area contributed by atoms with Crippen LogP contribution in [0, 0.1) is 0 Å². The van der Waals surface area contributed by atoms with Gasteiger partial charge < -0.3 is 4.74 Å². The second-order valence-corrected chi connectivity index (χ2v) is 1.87. The molecule has 1 aliphatic rings. The summed E-state index contributed by atoms with van der Waals surface area (Å²) in [5, 5.41) is 0. The molecule has 50 valence electrons. The number of hydrogen-bond donors (Lipinski definition) is 0. The summed E-state index contributed by atoms with van der Waals surface area (Å²) >= 11 is 0. The van der Waals surface area contributed by atoms with E-state index >= 15 is 0 Å². The van der Waals surface area contributed by atoms with E-state index in [1.807, 2.05) is 6.92 Å². The van der Waals surface area contributed by atoms with Crippen LogP contribution in [0.25, 0.3) is 0 Å². The lowest BCUT2D eigenvalue weighted by Gasteiger charge is -2.00. The smallest absolute Gasteiger partial charge is 0.367 e. The van der Waals surface area contributed by atoms with Gasteiger partial charge in [0.15, 0.2) is 0 Å². The summed E-state index contributed by atoms with van der Waals surface area (Å²) in [5.41, 5.74) is 0. The van der Waals surface area contributed by atoms with Crippen molar-refractivity contribution in [1.82, 2.24) is 0 Å². The molecule has 0 amide bonds. The van der Waals surface area contributed by atoms with E-state index in [0.29, 0.717) is 6.42 Å². The third kappa shape index (κ3) is 1.09. The molecular weight excluding hydrogens is 123 g/mol. The predicted octanol–water partition coefficient (Wildman–Crippen LogP) is 1.18. The first kappa shape index (κ1) is 6.26. The molecule has 0 unspecified atom stereocenters. The molecule has 0 saturated carbocycles. The fourth-order valence-electron chi connectivity index (χ4n) is 0.660. The SMILES string of the molecule is CC[C@@H]1C=C(F)C(=O)O1. The number of ether oxygens (including phenoxy) is 1. The van der Waals surface area contributed by atoms with Crippen LogP contribution in [0.2, 0.25) is 0 Å². The van der Waals surface area contributed by atoms with Gasteiger partial charge in [0.05, 0.1) is 0 Å². The van der Waals surface area contributed by atoms with Crippen LogP contribution >= 0.6 is 0 Å². The summed E-state index contributed by atoms with van der Waals surface area (Å²) in [6.45, 7) is 1.83. The highest BCUT2D eigenvalue weighted by Gasteiger charge is 2.23. The lowest BCUT2D eigenvalue weighted by molar-refractivity contribution is -0.141. The molecule has 0 saturated heterocycles. The van der Waals surface area contributed by atoms with Gasteiger partial charge in [-0.15, -0.1) is 0 Å². The average Bonchev–Trinajstić information content (AvgIpc) is 2.13. The van der Waals surface area contributed by atoms with Crippen molar-refractivity contribution in [2.75, 3.05) is 0 Å². The van der Waals surface area contributed by atoms with Crippen molar-refractivity contribution in [2.24, 2.45) is 0 Å². The molecule has 2 nitrogen and oxygen atoms in total. The third-order valence-electron chi connectivity index (χ3n) is 1.19. The Labute approximate surface area is 52.3 Å². The molecule has 0 aromatic rings. The van der Waals surface area contributed by atoms with Gasteiger partial charge in [-0.1, -0.05) is 6.92 Å². The van der Waals surface area contributed by atoms with Gasteiger partial charge in [-0.2, -0.15) is 4.39 Å². The molecule has 0 aliphatic carbocycles. The molecular formula is C6H7FO2. The zero-order chi connectivity index (χ0) is 6.85. The maximum absolute atomic E-state index is 12.1. The van der Waals surface area contributed by atoms with E-state index in [1.54, 1.807) is 0 Å². The van der Waals surface area contributed by atoms with Crippen LogP contribution in [0.15, 0.2) is 11.9 Å². The number of esters is 1. The molecule has 0 spiro atoms. The Hall–Kier alpha value is -0.860. The van der Waals surface area contributed by atoms with Crippen molar-refractivity contribution in [2.45, 2.75) is 19.4 Å². The van der Waals surface area contributed by atoms with Crippen molar-refractivity contribution in [1.29, 1.82) is 0 Å². The van der Waals surface area contributed by atoms with Gasteiger partial charge in [0.2, 0.25) is 5.83 Å². The number of carbonyl (C=O) groups excluding carboxylic acids is 1. The van der Waals surface area contributed by atoms with Crippen LogP contribution in [0.3, 0.4) is 0 Å². The van der Waals surface area contributed by atoms with Gasteiger partial charge in [-0.05, 0) is 12.5 Å². The molecule has 0 radical (unpaired) electrons. The normalized spacial score (nSPS) is 25.8. The topological polar surface area (TPSA) is 26.3 Å². The number of cyclic esters (lactones) is 1. The molecule has 9 heavy (non-hydrogen) atoms. The van der Waals surface area contributed by atoms with Gasteiger partial charge in [0.1, 0.15) is 6.10 Å². The van der Waals surface area contributed by atoms with Gasteiger partial charge in [-0.25, -0.2) is 4.79 Å². The summed E-state index contributed by atoms with van der Waals surface area (Å²) in [6.07, 6.45) is 1.50. The van der Waals surface area contributed by atoms with Crippen LogP contribution < -0.4 is 0 Å². The lowest BCUT2D eigenvalue weighted by atomic mass is 10.3. The molecule has 1 heterocycles. The van der Waals surface area contributed by atoms with Gasteiger partial charge in [-0.3, -0.25) is 0 Å². The predicted molar refractivity (Wildman–Crippen MR) is 29.4 cm³/mol. The molecule has 1 atom stereocenters.